The maximum Gasteiger partial charge on any atom is 0.191 e. The molecule has 0 aliphatic rings. The van der Waals surface area contributed by atoms with E-state index in [1.807, 2.05) is 38.1 Å². The molecule has 4 heteroatoms. The molecule has 0 aliphatic heterocycles. The van der Waals surface area contributed by atoms with E-state index in [1.165, 1.54) is 0 Å². The van der Waals surface area contributed by atoms with Crippen LogP contribution in [0.1, 0.15) is 21.6 Å². The van der Waals surface area contributed by atoms with Crippen LogP contribution in [0.25, 0.3) is 11.4 Å². The van der Waals surface area contributed by atoms with Gasteiger partial charge in [0.25, 0.3) is 0 Å². The highest BCUT2D eigenvalue weighted by atomic mass is 79.9. The molecule has 0 saturated heterocycles. The van der Waals surface area contributed by atoms with Crippen molar-refractivity contribution in [3.05, 3.63) is 47.3 Å². The second kappa shape index (κ2) is 5.40. The molecule has 0 aromatic carbocycles. The van der Waals surface area contributed by atoms with E-state index < -0.39 is 0 Å². The Balaban J connectivity index is 2.59. The largest absolute Gasteiger partial charge is 0.291 e. The van der Waals surface area contributed by atoms with Crippen LogP contribution < -0.4 is 0 Å². The van der Waals surface area contributed by atoms with Gasteiger partial charge in [-0.2, -0.15) is 0 Å². The predicted octanol–water partition coefficient (Wildman–Crippen LogP) is 3.34. The number of halogens is 1. The highest BCUT2D eigenvalue weighted by Crippen LogP contribution is 2.21. The van der Waals surface area contributed by atoms with Gasteiger partial charge in [0.05, 0.1) is 16.7 Å². The molecule has 0 amide bonds. The minimum Gasteiger partial charge on any atom is -0.291 e. The lowest BCUT2D eigenvalue weighted by atomic mass is 10.1. The fraction of sp³-hybridized carbons (Fsp3) is 0.214. The van der Waals surface area contributed by atoms with E-state index in [0.29, 0.717) is 5.69 Å². The second-order valence-corrected chi connectivity index (χ2v) is 4.65. The molecule has 0 bridgehead atoms. The molecule has 0 atom stereocenters. The van der Waals surface area contributed by atoms with Crippen molar-refractivity contribution in [1.29, 1.82) is 0 Å². The van der Waals surface area contributed by atoms with Crippen molar-refractivity contribution >= 4 is 21.7 Å². The predicted molar refractivity (Wildman–Crippen MR) is 75.1 cm³/mol. The van der Waals surface area contributed by atoms with Crippen LogP contribution in [0.3, 0.4) is 0 Å². The number of ketones is 1. The quantitative estimate of drug-likeness (QED) is 0.645. The smallest absolute Gasteiger partial charge is 0.191 e. The summed E-state index contributed by atoms with van der Waals surface area (Å²) < 4.78 is 0. The number of nitrogens with zero attached hydrogens (tertiary/aromatic N) is 2. The van der Waals surface area contributed by atoms with E-state index in [-0.39, 0.29) is 11.1 Å². The van der Waals surface area contributed by atoms with E-state index in [0.717, 1.165) is 22.5 Å². The van der Waals surface area contributed by atoms with Crippen LogP contribution in [0.15, 0.2) is 30.5 Å². The summed E-state index contributed by atoms with van der Waals surface area (Å²) in [6.07, 6.45) is 1.72. The number of hydrogen-bond donors (Lipinski definition) is 0. The maximum atomic E-state index is 11.8. The maximum absolute atomic E-state index is 11.8. The number of pyridine rings is 2. The Morgan fingerprint density at radius 2 is 2.06 bits per heavy atom. The van der Waals surface area contributed by atoms with Crippen LogP contribution in [-0.2, 0) is 0 Å². The number of alkyl halides is 1. The van der Waals surface area contributed by atoms with Gasteiger partial charge in [0.1, 0.15) is 5.69 Å². The van der Waals surface area contributed by atoms with Crippen molar-refractivity contribution < 1.29 is 4.79 Å². The zero-order valence-electron chi connectivity index (χ0n) is 10.3. The van der Waals surface area contributed by atoms with Gasteiger partial charge >= 0.3 is 0 Å². The van der Waals surface area contributed by atoms with Gasteiger partial charge in [-0.15, -0.1) is 0 Å². The van der Waals surface area contributed by atoms with Crippen molar-refractivity contribution in [1.82, 2.24) is 9.97 Å². The summed E-state index contributed by atoms with van der Waals surface area (Å²) in [6.45, 7) is 3.88. The van der Waals surface area contributed by atoms with Gasteiger partial charge in [0, 0.05) is 6.20 Å². The lowest BCUT2D eigenvalue weighted by Crippen LogP contribution is -2.08. The average molecular weight is 305 g/mol. The molecule has 0 spiro atoms. The summed E-state index contributed by atoms with van der Waals surface area (Å²) in [4.78, 5) is 20.6. The van der Waals surface area contributed by atoms with E-state index in [9.17, 15) is 4.79 Å². The lowest BCUT2D eigenvalue weighted by Gasteiger charge is -2.09. The van der Waals surface area contributed by atoms with Gasteiger partial charge < -0.3 is 0 Å². The summed E-state index contributed by atoms with van der Waals surface area (Å²) in [7, 11) is 0. The Bertz CT molecular complexity index is 582. The second-order valence-electron chi connectivity index (χ2n) is 4.09. The van der Waals surface area contributed by atoms with E-state index >= 15 is 0 Å². The van der Waals surface area contributed by atoms with Crippen molar-refractivity contribution in [2.45, 2.75) is 13.8 Å². The third kappa shape index (κ3) is 2.48. The third-order valence-electron chi connectivity index (χ3n) is 2.70. The van der Waals surface area contributed by atoms with Gasteiger partial charge in [0.15, 0.2) is 5.78 Å². The van der Waals surface area contributed by atoms with Crippen LogP contribution in [0.4, 0.5) is 0 Å². The molecule has 0 saturated carbocycles. The normalized spacial score (nSPS) is 10.4. The van der Waals surface area contributed by atoms with E-state index in [1.54, 1.807) is 6.20 Å². The molecule has 0 N–H and O–H groups in total. The van der Waals surface area contributed by atoms with Crippen molar-refractivity contribution in [3.8, 4) is 11.4 Å². The number of carbonyl (C=O) groups excluding carboxylic acids is 1. The number of carbonyl (C=O) groups is 1. The molecule has 2 aromatic heterocycles. The molecule has 3 nitrogen and oxygen atoms in total. The third-order valence-corrected chi connectivity index (χ3v) is 3.21. The molecule has 0 radical (unpaired) electrons. The Hall–Kier alpha value is -1.55. The van der Waals surface area contributed by atoms with E-state index in [4.69, 9.17) is 0 Å². The number of aromatic nitrogens is 2. The van der Waals surface area contributed by atoms with Crippen molar-refractivity contribution in [2.75, 3.05) is 5.33 Å². The van der Waals surface area contributed by atoms with Crippen molar-refractivity contribution in [3.63, 3.8) is 0 Å². The standard InChI is InChI=1S/C14H13BrN2O/c1-9-7-10(2)14(12(18)8-15)17-13(9)11-5-3-4-6-16-11/h3-7H,8H2,1-2H3. The van der Waals surface area contributed by atoms with Gasteiger partial charge in [-0.05, 0) is 37.1 Å². The average Bonchev–Trinajstić information content (AvgIpc) is 2.39. The van der Waals surface area contributed by atoms with Gasteiger partial charge in [0.2, 0.25) is 0 Å². The number of hydrogen-bond acceptors (Lipinski definition) is 3. The molecule has 2 heterocycles. The van der Waals surface area contributed by atoms with Gasteiger partial charge in [-0.1, -0.05) is 28.1 Å². The van der Waals surface area contributed by atoms with Crippen LogP contribution in [-0.4, -0.2) is 21.1 Å². The Labute approximate surface area is 114 Å². The molecule has 0 aliphatic carbocycles. The fourth-order valence-electron chi connectivity index (χ4n) is 1.86. The monoisotopic (exact) mass is 304 g/mol. The SMILES string of the molecule is Cc1cc(C)c(-c2ccccn2)nc1C(=O)CBr. The number of rotatable bonds is 3. The first-order valence-electron chi connectivity index (χ1n) is 5.62. The first kappa shape index (κ1) is 12.9. The lowest BCUT2D eigenvalue weighted by molar-refractivity contribution is 0.101. The molecular weight excluding hydrogens is 292 g/mol. The van der Waals surface area contributed by atoms with Crippen LogP contribution in [0, 0.1) is 13.8 Å². The first-order valence-corrected chi connectivity index (χ1v) is 6.74. The molecule has 2 rings (SSSR count). The minimum atomic E-state index is -0.00955. The van der Waals surface area contributed by atoms with E-state index in [2.05, 4.69) is 25.9 Å². The highest BCUT2D eigenvalue weighted by molar-refractivity contribution is 9.09. The molecule has 92 valence electrons. The summed E-state index contributed by atoms with van der Waals surface area (Å²) in [6, 6.07) is 7.65. The summed E-state index contributed by atoms with van der Waals surface area (Å²) in [5, 5.41) is 0.283. The topological polar surface area (TPSA) is 42.9 Å². The van der Waals surface area contributed by atoms with Gasteiger partial charge in [-0.25, -0.2) is 4.98 Å². The van der Waals surface area contributed by atoms with Gasteiger partial charge in [-0.3, -0.25) is 9.78 Å². The van der Waals surface area contributed by atoms with Crippen LogP contribution in [0.5, 0.6) is 0 Å². The Morgan fingerprint density at radius 1 is 1.28 bits per heavy atom. The molecule has 2 aromatic rings. The first-order chi connectivity index (χ1) is 8.63. The molecular formula is C14H13BrN2O. The minimum absolute atomic E-state index is 0.00955. The zero-order valence-corrected chi connectivity index (χ0v) is 11.9. The molecule has 0 unspecified atom stereocenters. The highest BCUT2D eigenvalue weighted by Gasteiger charge is 2.14. The van der Waals surface area contributed by atoms with Crippen LogP contribution in [0.2, 0.25) is 0 Å². The molecule has 18 heavy (non-hydrogen) atoms. The Kier molecular flexibility index (Phi) is 3.87. The number of aryl methyl sites for hydroxylation is 2. The summed E-state index contributed by atoms with van der Waals surface area (Å²) in [5.74, 6) is -0.00955. The van der Waals surface area contributed by atoms with Crippen LogP contribution >= 0.6 is 15.9 Å². The fourth-order valence-corrected chi connectivity index (χ4v) is 2.12. The molecule has 0 fully saturated rings. The zero-order chi connectivity index (χ0) is 13.1. The summed E-state index contributed by atoms with van der Waals surface area (Å²) in [5.41, 5.74) is 4.00. The summed E-state index contributed by atoms with van der Waals surface area (Å²) >= 11 is 3.18. The number of Topliss-reactive ketones (excluding diaryl/α,β-unsaturated/α-hetero) is 1. The van der Waals surface area contributed by atoms with Crippen molar-refractivity contribution in [2.24, 2.45) is 0 Å². The Morgan fingerprint density at radius 3 is 2.67 bits per heavy atom.